The van der Waals surface area contributed by atoms with Crippen molar-refractivity contribution in [3.8, 4) is 6.07 Å². The van der Waals surface area contributed by atoms with Crippen molar-refractivity contribution < 1.29 is 9.18 Å². The fourth-order valence-electron chi connectivity index (χ4n) is 2.56. The zero-order valence-electron chi connectivity index (χ0n) is 12.3. The number of nitrogens with zero attached hydrogens (tertiary/aromatic N) is 3. The van der Waals surface area contributed by atoms with Gasteiger partial charge in [0, 0.05) is 39.6 Å². The molecule has 0 fully saturated rings. The molecule has 0 aliphatic carbocycles. The normalized spacial score (nSPS) is 14.3. The third-order valence-corrected chi connectivity index (χ3v) is 3.89. The summed E-state index contributed by atoms with van der Waals surface area (Å²) in [6.07, 6.45) is 1.69. The van der Waals surface area contributed by atoms with Gasteiger partial charge in [-0.25, -0.2) is 4.39 Å². The molecule has 0 spiro atoms. The summed E-state index contributed by atoms with van der Waals surface area (Å²) in [4.78, 5) is 15.7. The Hall–Kier alpha value is -1.93. The smallest absolute Gasteiger partial charge is 0.223 e. The first kappa shape index (κ1) is 15.5. The van der Waals surface area contributed by atoms with Crippen molar-refractivity contribution in [2.24, 2.45) is 0 Å². The van der Waals surface area contributed by atoms with Gasteiger partial charge in [0.05, 0.1) is 12.5 Å². The molecule has 0 N–H and O–H groups in total. The van der Waals surface area contributed by atoms with Crippen LogP contribution in [0.15, 0.2) is 18.2 Å². The predicted octanol–water partition coefficient (Wildman–Crippen LogP) is 1.95. The van der Waals surface area contributed by atoms with Gasteiger partial charge in [0.25, 0.3) is 0 Å². The molecule has 1 aliphatic rings. The van der Waals surface area contributed by atoms with Crippen LogP contribution in [0.25, 0.3) is 0 Å². The maximum atomic E-state index is 13.3. The molecule has 0 atom stereocenters. The van der Waals surface area contributed by atoms with E-state index in [1.54, 1.807) is 18.0 Å². The van der Waals surface area contributed by atoms with E-state index in [0.29, 0.717) is 32.5 Å². The number of halogens is 1. The molecule has 1 aliphatic heterocycles. The molecule has 0 unspecified atom stereocenters. The van der Waals surface area contributed by atoms with Crippen LogP contribution in [-0.4, -0.2) is 42.4 Å². The van der Waals surface area contributed by atoms with Crippen LogP contribution in [0.3, 0.4) is 0 Å². The average molecular weight is 289 g/mol. The second kappa shape index (κ2) is 7.19. The van der Waals surface area contributed by atoms with Gasteiger partial charge in [0.2, 0.25) is 5.91 Å². The number of hydrogen-bond donors (Lipinski definition) is 0. The molecule has 0 aromatic heterocycles. The van der Waals surface area contributed by atoms with E-state index in [-0.39, 0.29) is 11.7 Å². The minimum absolute atomic E-state index is 0.0512. The van der Waals surface area contributed by atoms with Crippen LogP contribution >= 0.6 is 0 Å². The molecule has 1 heterocycles. The van der Waals surface area contributed by atoms with E-state index >= 15 is 0 Å². The van der Waals surface area contributed by atoms with Crippen LogP contribution in [0.1, 0.15) is 24.0 Å². The average Bonchev–Trinajstić information content (AvgIpc) is 2.49. The summed E-state index contributed by atoms with van der Waals surface area (Å²) in [5.74, 6) is -0.154. The molecule has 2 rings (SSSR count). The van der Waals surface area contributed by atoms with Crippen LogP contribution in [0.2, 0.25) is 0 Å². The topological polar surface area (TPSA) is 47.3 Å². The highest BCUT2D eigenvalue weighted by Crippen LogP contribution is 2.20. The molecule has 0 bridgehead atoms. The zero-order valence-corrected chi connectivity index (χ0v) is 12.3. The van der Waals surface area contributed by atoms with Gasteiger partial charge in [-0.3, -0.25) is 9.69 Å². The van der Waals surface area contributed by atoms with E-state index in [1.807, 2.05) is 12.1 Å². The summed E-state index contributed by atoms with van der Waals surface area (Å²) >= 11 is 0. The van der Waals surface area contributed by atoms with Gasteiger partial charge in [0.1, 0.15) is 5.82 Å². The standard InChI is InChI=1S/C16H20FN3O/c1-19(8-2-7-18)16(21)6-10-20-9-5-13-3-4-15(17)11-14(13)12-20/h3-4,11H,2,5-6,8-10,12H2,1H3. The largest absolute Gasteiger partial charge is 0.345 e. The first-order chi connectivity index (χ1) is 10.1. The quantitative estimate of drug-likeness (QED) is 0.832. The first-order valence-electron chi connectivity index (χ1n) is 7.20. The second-order valence-electron chi connectivity index (χ2n) is 5.41. The third-order valence-electron chi connectivity index (χ3n) is 3.89. The highest BCUT2D eigenvalue weighted by atomic mass is 19.1. The highest BCUT2D eigenvalue weighted by Gasteiger charge is 2.18. The number of benzene rings is 1. The van der Waals surface area contributed by atoms with Gasteiger partial charge < -0.3 is 4.90 Å². The molecule has 21 heavy (non-hydrogen) atoms. The Morgan fingerprint density at radius 2 is 2.29 bits per heavy atom. The van der Waals surface area contributed by atoms with Crippen molar-refractivity contribution in [2.45, 2.75) is 25.8 Å². The van der Waals surface area contributed by atoms with Crippen LogP contribution in [0, 0.1) is 17.1 Å². The number of rotatable bonds is 5. The van der Waals surface area contributed by atoms with Crippen molar-refractivity contribution in [1.82, 2.24) is 9.80 Å². The summed E-state index contributed by atoms with van der Waals surface area (Å²) in [7, 11) is 1.72. The number of hydrogen-bond acceptors (Lipinski definition) is 3. The molecule has 4 nitrogen and oxygen atoms in total. The summed E-state index contributed by atoms with van der Waals surface area (Å²) in [6.45, 7) is 2.74. The predicted molar refractivity (Wildman–Crippen MR) is 77.9 cm³/mol. The number of carbonyl (C=O) groups excluding carboxylic acids is 1. The van der Waals surface area contributed by atoms with E-state index in [9.17, 15) is 9.18 Å². The van der Waals surface area contributed by atoms with Crippen LogP contribution < -0.4 is 0 Å². The maximum absolute atomic E-state index is 13.3. The Kier molecular flexibility index (Phi) is 5.29. The molecule has 0 radical (unpaired) electrons. The Morgan fingerprint density at radius 3 is 3.05 bits per heavy atom. The lowest BCUT2D eigenvalue weighted by Crippen LogP contribution is -2.35. The monoisotopic (exact) mass is 289 g/mol. The minimum Gasteiger partial charge on any atom is -0.345 e. The van der Waals surface area contributed by atoms with Gasteiger partial charge in [-0.1, -0.05) is 6.07 Å². The van der Waals surface area contributed by atoms with E-state index < -0.39 is 0 Å². The summed E-state index contributed by atoms with van der Waals surface area (Å²) in [6, 6.07) is 6.97. The summed E-state index contributed by atoms with van der Waals surface area (Å²) in [5.41, 5.74) is 2.22. The molecule has 112 valence electrons. The Bertz CT molecular complexity index is 553. The summed E-state index contributed by atoms with van der Waals surface area (Å²) in [5, 5.41) is 8.52. The molecule has 1 aromatic carbocycles. The van der Waals surface area contributed by atoms with E-state index in [2.05, 4.69) is 4.90 Å². The van der Waals surface area contributed by atoms with E-state index in [4.69, 9.17) is 5.26 Å². The van der Waals surface area contributed by atoms with Gasteiger partial charge in [-0.15, -0.1) is 0 Å². The van der Waals surface area contributed by atoms with Crippen molar-refractivity contribution in [1.29, 1.82) is 5.26 Å². The molecule has 1 amide bonds. The lowest BCUT2D eigenvalue weighted by atomic mass is 9.99. The molecule has 1 aromatic rings. The fraction of sp³-hybridized carbons (Fsp3) is 0.500. The van der Waals surface area contributed by atoms with Crippen molar-refractivity contribution in [3.63, 3.8) is 0 Å². The molecular weight excluding hydrogens is 269 g/mol. The molecular formula is C16H20FN3O. The number of carbonyl (C=O) groups is 1. The van der Waals surface area contributed by atoms with Gasteiger partial charge >= 0.3 is 0 Å². The maximum Gasteiger partial charge on any atom is 0.223 e. The van der Waals surface area contributed by atoms with Crippen molar-refractivity contribution >= 4 is 5.91 Å². The van der Waals surface area contributed by atoms with Crippen LogP contribution in [0.5, 0.6) is 0 Å². The molecule has 0 saturated carbocycles. The van der Waals surface area contributed by atoms with Gasteiger partial charge in [-0.05, 0) is 29.7 Å². The Balaban J connectivity index is 1.83. The number of nitriles is 1. The number of amides is 1. The van der Waals surface area contributed by atoms with Crippen LogP contribution in [0.4, 0.5) is 4.39 Å². The number of fused-ring (bicyclic) bond motifs is 1. The lowest BCUT2D eigenvalue weighted by Gasteiger charge is -2.29. The zero-order chi connectivity index (χ0) is 15.2. The Labute approximate surface area is 124 Å². The highest BCUT2D eigenvalue weighted by molar-refractivity contribution is 5.76. The molecule has 5 heteroatoms. The lowest BCUT2D eigenvalue weighted by molar-refractivity contribution is -0.130. The molecule has 0 saturated heterocycles. The van der Waals surface area contributed by atoms with Gasteiger partial charge in [0.15, 0.2) is 0 Å². The minimum atomic E-state index is -0.206. The van der Waals surface area contributed by atoms with Crippen molar-refractivity contribution in [3.05, 3.63) is 35.1 Å². The SMILES string of the molecule is CN(CCC#N)C(=O)CCN1CCc2ccc(F)cc2C1. The first-order valence-corrected chi connectivity index (χ1v) is 7.20. The van der Waals surface area contributed by atoms with Gasteiger partial charge in [-0.2, -0.15) is 5.26 Å². The Morgan fingerprint density at radius 1 is 1.48 bits per heavy atom. The van der Waals surface area contributed by atoms with Crippen LogP contribution in [-0.2, 0) is 17.8 Å². The van der Waals surface area contributed by atoms with E-state index in [0.717, 1.165) is 18.5 Å². The summed E-state index contributed by atoms with van der Waals surface area (Å²) < 4.78 is 13.3. The third kappa shape index (κ3) is 4.27. The second-order valence-corrected chi connectivity index (χ2v) is 5.41. The fourth-order valence-corrected chi connectivity index (χ4v) is 2.56. The van der Waals surface area contributed by atoms with E-state index in [1.165, 1.54) is 11.6 Å². The van der Waals surface area contributed by atoms with Crippen molar-refractivity contribution in [2.75, 3.05) is 26.7 Å².